The predicted molar refractivity (Wildman–Crippen MR) is 77.7 cm³/mol. The van der Waals surface area contributed by atoms with Crippen LogP contribution in [-0.2, 0) is 7.05 Å². The van der Waals surface area contributed by atoms with Gasteiger partial charge in [-0.05, 0) is 25.5 Å². The third kappa shape index (κ3) is 1.86. The van der Waals surface area contributed by atoms with Crippen molar-refractivity contribution in [2.24, 2.45) is 7.05 Å². The van der Waals surface area contributed by atoms with Gasteiger partial charge in [0.05, 0.1) is 6.04 Å². The Kier molecular flexibility index (Phi) is 2.97. The Morgan fingerprint density at radius 3 is 2.80 bits per heavy atom. The van der Waals surface area contributed by atoms with Crippen LogP contribution in [0.5, 0.6) is 0 Å². The molecule has 0 aliphatic heterocycles. The van der Waals surface area contributed by atoms with Gasteiger partial charge in [0.25, 0.3) is 5.89 Å². The van der Waals surface area contributed by atoms with Crippen LogP contribution in [0, 0.1) is 0 Å². The van der Waals surface area contributed by atoms with Crippen molar-refractivity contribution in [3.8, 4) is 11.6 Å². The molecule has 5 heteroatoms. The lowest BCUT2D eigenvalue weighted by Crippen LogP contribution is -2.19. The number of hydrogen-bond donors (Lipinski definition) is 0. The lowest BCUT2D eigenvalue weighted by Gasteiger charge is -2.04. The Balaban J connectivity index is 2.16. The quantitative estimate of drug-likeness (QED) is 0.736. The standard InChI is InChI=1S/C15H17N3O2/c1-4-10(2)18-15(19)20-14(16-18)13-9-11-7-5-6-8-12(11)17(13)3/h5-10H,4H2,1-3H3. The van der Waals surface area contributed by atoms with Gasteiger partial charge in [-0.1, -0.05) is 25.1 Å². The summed E-state index contributed by atoms with van der Waals surface area (Å²) in [6.45, 7) is 3.97. The van der Waals surface area contributed by atoms with Crippen molar-refractivity contribution in [2.75, 3.05) is 0 Å². The van der Waals surface area contributed by atoms with Crippen molar-refractivity contribution in [2.45, 2.75) is 26.3 Å². The van der Waals surface area contributed by atoms with Gasteiger partial charge in [0.1, 0.15) is 5.69 Å². The number of aryl methyl sites for hydroxylation is 1. The molecule has 0 fully saturated rings. The maximum Gasteiger partial charge on any atom is 0.437 e. The topological polar surface area (TPSA) is 53.0 Å². The zero-order chi connectivity index (χ0) is 14.3. The number of hydrogen-bond acceptors (Lipinski definition) is 3. The van der Waals surface area contributed by atoms with E-state index in [1.807, 2.05) is 55.8 Å². The molecule has 0 saturated carbocycles. The molecule has 1 atom stereocenters. The molecule has 3 rings (SSSR count). The fraction of sp³-hybridized carbons (Fsp3) is 0.333. The van der Waals surface area contributed by atoms with E-state index in [0.29, 0.717) is 5.89 Å². The largest absolute Gasteiger partial charge is 0.437 e. The summed E-state index contributed by atoms with van der Waals surface area (Å²) < 4.78 is 8.71. The van der Waals surface area contributed by atoms with E-state index < -0.39 is 5.76 Å². The van der Waals surface area contributed by atoms with Crippen molar-refractivity contribution in [1.29, 1.82) is 0 Å². The summed E-state index contributed by atoms with van der Waals surface area (Å²) >= 11 is 0. The van der Waals surface area contributed by atoms with Gasteiger partial charge in [-0.25, -0.2) is 4.79 Å². The third-order valence-electron chi connectivity index (χ3n) is 3.75. The first kappa shape index (κ1) is 12.7. The van der Waals surface area contributed by atoms with E-state index in [1.165, 1.54) is 4.68 Å². The van der Waals surface area contributed by atoms with Gasteiger partial charge < -0.3 is 8.98 Å². The van der Waals surface area contributed by atoms with Crippen LogP contribution < -0.4 is 5.76 Å². The van der Waals surface area contributed by atoms with Crippen molar-refractivity contribution >= 4 is 10.9 Å². The average molecular weight is 271 g/mol. The molecule has 104 valence electrons. The second kappa shape index (κ2) is 4.67. The minimum Gasteiger partial charge on any atom is -0.386 e. The number of para-hydroxylation sites is 1. The summed E-state index contributed by atoms with van der Waals surface area (Å²) in [5.74, 6) is -0.0337. The van der Waals surface area contributed by atoms with Crippen LogP contribution in [0.1, 0.15) is 26.3 Å². The van der Waals surface area contributed by atoms with Gasteiger partial charge in [-0.3, -0.25) is 0 Å². The zero-order valence-corrected chi connectivity index (χ0v) is 11.8. The highest BCUT2D eigenvalue weighted by Crippen LogP contribution is 2.25. The van der Waals surface area contributed by atoms with Gasteiger partial charge >= 0.3 is 5.76 Å². The van der Waals surface area contributed by atoms with Crippen molar-refractivity contribution in [3.63, 3.8) is 0 Å². The molecule has 5 nitrogen and oxygen atoms in total. The Bertz CT molecular complexity index is 810. The van der Waals surface area contributed by atoms with Crippen molar-refractivity contribution < 1.29 is 4.42 Å². The van der Waals surface area contributed by atoms with Gasteiger partial charge in [-0.2, -0.15) is 4.68 Å². The minimum absolute atomic E-state index is 0.0367. The molecule has 0 aliphatic rings. The van der Waals surface area contributed by atoms with Crippen molar-refractivity contribution in [1.82, 2.24) is 14.3 Å². The smallest absolute Gasteiger partial charge is 0.386 e. The molecule has 2 aromatic heterocycles. The molecule has 1 unspecified atom stereocenters. The third-order valence-corrected chi connectivity index (χ3v) is 3.75. The van der Waals surface area contributed by atoms with E-state index in [0.717, 1.165) is 23.0 Å². The van der Waals surface area contributed by atoms with E-state index in [2.05, 4.69) is 5.10 Å². The van der Waals surface area contributed by atoms with E-state index in [4.69, 9.17) is 4.42 Å². The normalized spacial score (nSPS) is 12.9. The van der Waals surface area contributed by atoms with Gasteiger partial charge in [0, 0.05) is 18.0 Å². The van der Waals surface area contributed by atoms with Crippen LogP contribution in [0.25, 0.3) is 22.5 Å². The number of fused-ring (bicyclic) bond motifs is 1. The maximum absolute atomic E-state index is 11.9. The van der Waals surface area contributed by atoms with E-state index >= 15 is 0 Å². The first-order valence-corrected chi connectivity index (χ1v) is 6.76. The SMILES string of the molecule is CCC(C)n1nc(-c2cc3ccccc3n2C)oc1=O. The highest BCUT2D eigenvalue weighted by Gasteiger charge is 2.17. The predicted octanol–water partition coefficient (Wildman–Crippen LogP) is 2.97. The summed E-state index contributed by atoms with van der Waals surface area (Å²) in [6.07, 6.45) is 0.834. The van der Waals surface area contributed by atoms with Crippen LogP contribution in [0.15, 0.2) is 39.5 Å². The minimum atomic E-state index is -0.403. The molecule has 0 saturated heterocycles. The molecule has 2 heterocycles. The molecule has 0 spiro atoms. The molecule has 3 aromatic rings. The van der Waals surface area contributed by atoms with E-state index in [-0.39, 0.29) is 6.04 Å². The highest BCUT2D eigenvalue weighted by molar-refractivity contribution is 5.85. The number of rotatable bonds is 3. The second-order valence-corrected chi connectivity index (χ2v) is 5.02. The first-order chi connectivity index (χ1) is 9.61. The highest BCUT2D eigenvalue weighted by atomic mass is 16.4. The van der Waals surface area contributed by atoms with Crippen LogP contribution in [0.4, 0.5) is 0 Å². The van der Waals surface area contributed by atoms with Gasteiger partial charge in [-0.15, -0.1) is 5.10 Å². The van der Waals surface area contributed by atoms with Crippen LogP contribution >= 0.6 is 0 Å². The Morgan fingerprint density at radius 2 is 2.10 bits per heavy atom. The molecule has 0 aliphatic carbocycles. The first-order valence-electron chi connectivity index (χ1n) is 6.76. The summed E-state index contributed by atoms with van der Waals surface area (Å²) in [5, 5.41) is 5.43. The average Bonchev–Trinajstić information content (AvgIpc) is 3.00. The van der Waals surface area contributed by atoms with Crippen LogP contribution in [-0.4, -0.2) is 14.3 Å². The van der Waals surface area contributed by atoms with Gasteiger partial charge in [0.2, 0.25) is 0 Å². The molecule has 1 aromatic carbocycles. The molecule has 20 heavy (non-hydrogen) atoms. The number of benzene rings is 1. The lowest BCUT2D eigenvalue weighted by molar-refractivity contribution is 0.420. The molecule has 0 amide bonds. The molecular weight excluding hydrogens is 254 g/mol. The summed E-state index contributed by atoms with van der Waals surface area (Å²) in [4.78, 5) is 11.9. The second-order valence-electron chi connectivity index (χ2n) is 5.02. The van der Waals surface area contributed by atoms with Crippen LogP contribution in [0.3, 0.4) is 0 Å². The summed E-state index contributed by atoms with van der Waals surface area (Å²) in [7, 11) is 1.94. The maximum atomic E-state index is 11.9. The number of aromatic nitrogens is 3. The van der Waals surface area contributed by atoms with Crippen molar-refractivity contribution in [3.05, 3.63) is 40.9 Å². The van der Waals surface area contributed by atoms with E-state index in [9.17, 15) is 4.79 Å². The molecule has 0 N–H and O–H groups in total. The van der Waals surface area contributed by atoms with E-state index in [1.54, 1.807) is 0 Å². The van der Waals surface area contributed by atoms with Crippen LogP contribution in [0.2, 0.25) is 0 Å². The fourth-order valence-corrected chi connectivity index (χ4v) is 2.34. The molecule has 0 bridgehead atoms. The monoisotopic (exact) mass is 271 g/mol. The summed E-state index contributed by atoms with van der Waals surface area (Å²) in [5.41, 5.74) is 1.90. The lowest BCUT2D eigenvalue weighted by atomic mass is 10.2. The number of nitrogens with zero attached hydrogens (tertiary/aromatic N) is 3. The Hall–Kier alpha value is -2.30. The zero-order valence-electron chi connectivity index (χ0n) is 11.8. The Morgan fingerprint density at radius 1 is 1.35 bits per heavy atom. The Labute approximate surface area is 116 Å². The molecular formula is C15H17N3O2. The summed E-state index contributed by atoms with van der Waals surface area (Å²) in [6, 6.07) is 10.1. The fourth-order valence-electron chi connectivity index (χ4n) is 2.34. The van der Waals surface area contributed by atoms with Gasteiger partial charge in [0.15, 0.2) is 0 Å². The molecule has 0 radical (unpaired) electrons.